The highest BCUT2D eigenvalue weighted by atomic mass is 32.2. The average Bonchev–Trinajstić information content (AvgIpc) is 3.06. The van der Waals surface area contributed by atoms with Crippen molar-refractivity contribution in [1.82, 2.24) is 4.41 Å². The van der Waals surface area contributed by atoms with Crippen LogP contribution in [0.15, 0.2) is 47.6 Å². The van der Waals surface area contributed by atoms with Gasteiger partial charge in [0.1, 0.15) is 17.3 Å². The van der Waals surface area contributed by atoms with E-state index >= 15 is 0 Å². The summed E-state index contributed by atoms with van der Waals surface area (Å²) in [7, 11) is -0.623. The van der Waals surface area contributed by atoms with Crippen LogP contribution >= 0.6 is 0 Å². The van der Waals surface area contributed by atoms with E-state index in [-0.39, 0.29) is 12.0 Å². The van der Waals surface area contributed by atoms with Crippen LogP contribution in [0.4, 0.5) is 4.39 Å². The van der Waals surface area contributed by atoms with Gasteiger partial charge in [0.15, 0.2) is 0 Å². The van der Waals surface area contributed by atoms with Crippen LogP contribution < -0.4 is 9.47 Å². The summed E-state index contributed by atoms with van der Waals surface area (Å²) in [6.07, 6.45) is 1.29. The molecule has 26 heavy (non-hydrogen) atoms. The van der Waals surface area contributed by atoms with Gasteiger partial charge in [-0.15, -0.1) is 0 Å². The highest BCUT2D eigenvalue weighted by molar-refractivity contribution is 7.88. The largest absolute Gasteiger partial charge is 0.497 e. The quantitative estimate of drug-likeness (QED) is 0.802. The molecule has 0 fully saturated rings. The monoisotopic (exact) mass is 378 g/mol. The molecule has 2 aromatic carbocycles. The highest BCUT2D eigenvalue weighted by Crippen LogP contribution is 2.38. The van der Waals surface area contributed by atoms with Crippen LogP contribution in [0.5, 0.6) is 11.5 Å². The molecule has 6 nitrogen and oxygen atoms in total. The SMILES string of the molecule is COc1ccc(C2=NN(S(C)(=O)=O)C(c3ccccc3F)C2)c(OC)c1. The van der Waals surface area contributed by atoms with Crippen LogP contribution in [0.25, 0.3) is 0 Å². The van der Waals surface area contributed by atoms with Crippen molar-refractivity contribution in [2.24, 2.45) is 5.10 Å². The van der Waals surface area contributed by atoms with Crippen molar-refractivity contribution in [2.75, 3.05) is 20.5 Å². The lowest BCUT2D eigenvalue weighted by Gasteiger charge is -2.21. The summed E-state index contributed by atoms with van der Waals surface area (Å²) in [6.45, 7) is 0. The number of hydrazone groups is 1. The predicted octanol–water partition coefficient (Wildman–Crippen LogP) is 2.95. The number of hydrogen-bond acceptors (Lipinski definition) is 5. The molecule has 0 spiro atoms. The number of hydrogen-bond donors (Lipinski definition) is 0. The molecule has 2 aromatic rings. The summed E-state index contributed by atoms with van der Waals surface area (Å²) in [6, 6.07) is 10.6. The summed E-state index contributed by atoms with van der Waals surface area (Å²) in [5.74, 6) is 0.643. The van der Waals surface area contributed by atoms with Gasteiger partial charge in [-0.3, -0.25) is 0 Å². The fourth-order valence-corrected chi connectivity index (χ4v) is 3.87. The number of benzene rings is 2. The molecule has 0 radical (unpaired) electrons. The predicted molar refractivity (Wildman–Crippen MR) is 96.5 cm³/mol. The van der Waals surface area contributed by atoms with Crippen LogP contribution in [-0.4, -0.2) is 39.0 Å². The summed E-state index contributed by atoms with van der Waals surface area (Å²) < 4.78 is 50.2. The van der Waals surface area contributed by atoms with Gasteiger partial charge in [0.25, 0.3) is 0 Å². The molecule has 1 atom stereocenters. The van der Waals surface area contributed by atoms with E-state index in [0.717, 1.165) is 10.7 Å². The van der Waals surface area contributed by atoms with Crippen LogP contribution in [-0.2, 0) is 10.0 Å². The number of halogens is 1. The van der Waals surface area contributed by atoms with Gasteiger partial charge in [0.2, 0.25) is 10.0 Å². The Balaban J connectivity index is 2.07. The number of rotatable bonds is 5. The molecule has 0 aromatic heterocycles. The Kier molecular flexibility index (Phi) is 4.86. The van der Waals surface area contributed by atoms with E-state index in [2.05, 4.69) is 5.10 Å². The zero-order valence-electron chi connectivity index (χ0n) is 14.6. The third-order valence-electron chi connectivity index (χ3n) is 4.20. The molecule has 0 saturated carbocycles. The van der Waals surface area contributed by atoms with E-state index in [4.69, 9.17) is 9.47 Å². The average molecular weight is 378 g/mol. The molecule has 138 valence electrons. The summed E-state index contributed by atoms with van der Waals surface area (Å²) in [4.78, 5) is 0. The number of ether oxygens (including phenoxy) is 2. The van der Waals surface area contributed by atoms with Crippen LogP contribution in [0.2, 0.25) is 0 Å². The minimum absolute atomic E-state index is 0.233. The van der Waals surface area contributed by atoms with Crippen molar-refractivity contribution in [3.05, 3.63) is 59.4 Å². The highest BCUT2D eigenvalue weighted by Gasteiger charge is 2.36. The summed E-state index contributed by atoms with van der Waals surface area (Å²) >= 11 is 0. The fraction of sp³-hybridized carbons (Fsp3) is 0.278. The van der Waals surface area contributed by atoms with E-state index in [1.807, 2.05) is 0 Å². The molecular formula is C18H19FN2O4S. The third-order valence-corrected chi connectivity index (χ3v) is 5.21. The molecule has 0 aliphatic carbocycles. The molecule has 0 bridgehead atoms. The summed E-state index contributed by atoms with van der Waals surface area (Å²) in [5.41, 5.74) is 1.42. The maximum absolute atomic E-state index is 14.3. The smallest absolute Gasteiger partial charge is 0.247 e. The van der Waals surface area contributed by atoms with E-state index in [0.29, 0.717) is 22.8 Å². The van der Waals surface area contributed by atoms with E-state index in [1.54, 1.807) is 43.5 Å². The van der Waals surface area contributed by atoms with Gasteiger partial charge < -0.3 is 9.47 Å². The third kappa shape index (κ3) is 3.37. The van der Waals surface area contributed by atoms with Gasteiger partial charge in [-0.1, -0.05) is 18.2 Å². The first-order chi connectivity index (χ1) is 12.3. The van der Waals surface area contributed by atoms with Crippen molar-refractivity contribution in [3.63, 3.8) is 0 Å². The maximum atomic E-state index is 14.3. The Hall–Kier alpha value is -2.61. The van der Waals surface area contributed by atoms with Gasteiger partial charge in [-0.2, -0.15) is 9.52 Å². The lowest BCUT2D eigenvalue weighted by atomic mass is 9.98. The van der Waals surface area contributed by atoms with E-state index in [1.165, 1.54) is 13.2 Å². The summed E-state index contributed by atoms with van der Waals surface area (Å²) in [5, 5.41) is 4.27. The Morgan fingerprint density at radius 3 is 2.50 bits per heavy atom. The number of methoxy groups -OCH3 is 2. The van der Waals surface area contributed by atoms with E-state index in [9.17, 15) is 12.8 Å². The second-order valence-electron chi connectivity index (χ2n) is 5.89. The van der Waals surface area contributed by atoms with Gasteiger partial charge >= 0.3 is 0 Å². The number of sulfonamides is 1. The standard InChI is InChI=1S/C18H19FN2O4S/c1-24-12-8-9-14(18(10-12)25-2)16-11-17(21(20-16)26(3,22)23)13-6-4-5-7-15(13)19/h4-10,17H,11H2,1-3H3. The molecular weight excluding hydrogens is 359 g/mol. The Morgan fingerprint density at radius 1 is 1.15 bits per heavy atom. The van der Waals surface area contributed by atoms with Crippen LogP contribution in [0, 0.1) is 5.82 Å². The second-order valence-corrected chi connectivity index (χ2v) is 7.73. The second kappa shape index (κ2) is 6.95. The molecule has 1 unspecified atom stereocenters. The zero-order chi connectivity index (χ0) is 18.9. The van der Waals surface area contributed by atoms with Crippen molar-refractivity contribution < 1.29 is 22.3 Å². The molecule has 0 saturated heterocycles. The van der Waals surface area contributed by atoms with Gasteiger partial charge in [-0.05, 0) is 18.2 Å². The van der Waals surface area contributed by atoms with Crippen molar-refractivity contribution in [1.29, 1.82) is 0 Å². The Labute approximate surface area is 151 Å². The lowest BCUT2D eigenvalue weighted by Crippen LogP contribution is -2.26. The first-order valence-corrected chi connectivity index (χ1v) is 9.73. The van der Waals surface area contributed by atoms with Crippen LogP contribution in [0.3, 0.4) is 0 Å². The molecule has 1 aliphatic heterocycles. The molecule has 0 amide bonds. The topological polar surface area (TPSA) is 68.2 Å². The van der Waals surface area contributed by atoms with Gasteiger partial charge in [0.05, 0.1) is 32.2 Å². The van der Waals surface area contributed by atoms with Crippen molar-refractivity contribution in [2.45, 2.75) is 12.5 Å². The maximum Gasteiger partial charge on any atom is 0.247 e. The first kappa shape index (κ1) is 18.2. The molecule has 8 heteroatoms. The van der Waals surface area contributed by atoms with Gasteiger partial charge in [0, 0.05) is 23.6 Å². The minimum atomic E-state index is -3.68. The minimum Gasteiger partial charge on any atom is -0.497 e. The van der Waals surface area contributed by atoms with E-state index < -0.39 is 21.9 Å². The fourth-order valence-electron chi connectivity index (χ4n) is 2.97. The van der Waals surface area contributed by atoms with Gasteiger partial charge in [-0.25, -0.2) is 12.8 Å². The molecule has 1 heterocycles. The zero-order valence-corrected chi connectivity index (χ0v) is 15.5. The lowest BCUT2D eigenvalue weighted by molar-refractivity contribution is 0.365. The number of nitrogens with zero attached hydrogens (tertiary/aromatic N) is 2. The van der Waals surface area contributed by atoms with Crippen molar-refractivity contribution >= 4 is 15.7 Å². The molecule has 0 N–H and O–H groups in total. The van der Waals surface area contributed by atoms with Crippen LogP contribution in [0.1, 0.15) is 23.6 Å². The van der Waals surface area contributed by atoms with Crippen molar-refractivity contribution in [3.8, 4) is 11.5 Å². The first-order valence-electron chi connectivity index (χ1n) is 7.89. The molecule has 1 aliphatic rings. The Bertz CT molecular complexity index is 959. The normalized spacial score (nSPS) is 17.2. The Morgan fingerprint density at radius 2 is 1.88 bits per heavy atom. The molecule has 3 rings (SSSR count).